The van der Waals surface area contributed by atoms with Crippen LogP contribution in [0.25, 0.3) is 0 Å². The van der Waals surface area contributed by atoms with Crippen molar-refractivity contribution in [1.29, 1.82) is 0 Å². The molecule has 3 nitrogen and oxygen atoms in total. The molecule has 122 valence electrons. The second-order valence-electron chi connectivity index (χ2n) is 6.28. The van der Waals surface area contributed by atoms with Gasteiger partial charge in [0.2, 0.25) is 0 Å². The van der Waals surface area contributed by atoms with E-state index in [1.807, 2.05) is 6.07 Å². The van der Waals surface area contributed by atoms with Gasteiger partial charge in [-0.05, 0) is 37.1 Å². The molecule has 22 heavy (non-hydrogen) atoms. The Kier molecular flexibility index (Phi) is 5.69. The molecule has 2 heterocycles. The Balaban J connectivity index is 1.62. The average Bonchev–Trinajstić information content (AvgIpc) is 2.54. The maximum Gasteiger partial charge on any atom is 0.142 e. The predicted octanol–water partition coefficient (Wildman–Crippen LogP) is 3.17. The summed E-state index contributed by atoms with van der Waals surface area (Å²) in [4.78, 5) is 5.00. The lowest BCUT2D eigenvalue weighted by atomic mass is 10.0. The summed E-state index contributed by atoms with van der Waals surface area (Å²) in [6.45, 7) is 6.74. The molecule has 2 fully saturated rings. The van der Waals surface area contributed by atoms with Crippen LogP contribution in [0, 0.1) is 5.82 Å². The van der Waals surface area contributed by atoms with Crippen LogP contribution in [-0.4, -0.2) is 55.2 Å². The van der Waals surface area contributed by atoms with Crippen molar-refractivity contribution in [3.63, 3.8) is 0 Å². The highest BCUT2D eigenvalue weighted by molar-refractivity contribution is 6.30. The van der Waals surface area contributed by atoms with Gasteiger partial charge in [0, 0.05) is 32.2 Å². The fraction of sp³-hybridized carbons (Fsp3) is 0.647. The number of benzene rings is 1. The number of rotatable bonds is 4. The van der Waals surface area contributed by atoms with Crippen molar-refractivity contribution in [3.05, 3.63) is 34.6 Å². The van der Waals surface area contributed by atoms with Gasteiger partial charge in [0.1, 0.15) is 5.82 Å². The first-order valence-corrected chi connectivity index (χ1v) is 8.58. The molecule has 5 heteroatoms. The number of halogens is 2. The quantitative estimate of drug-likeness (QED) is 0.845. The molecule has 1 unspecified atom stereocenters. The third-order valence-electron chi connectivity index (χ3n) is 4.69. The van der Waals surface area contributed by atoms with E-state index in [1.54, 1.807) is 12.1 Å². The predicted molar refractivity (Wildman–Crippen MR) is 86.7 cm³/mol. The van der Waals surface area contributed by atoms with Gasteiger partial charge >= 0.3 is 0 Å². The molecule has 0 amide bonds. The van der Waals surface area contributed by atoms with E-state index in [9.17, 15) is 4.39 Å². The zero-order chi connectivity index (χ0) is 15.4. The van der Waals surface area contributed by atoms with Crippen molar-refractivity contribution in [1.82, 2.24) is 9.80 Å². The maximum absolute atomic E-state index is 13.6. The van der Waals surface area contributed by atoms with E-state index in [0.29, 0.717) is 6.04 Å². The van der Waals surface area contributed by atoms with Crippen LogP contribution in [0.1, 0.15) is 24.8 Å². The van der Waals surface area contributed by atoms with E-state index < -0.39 is 0 Å². The summed E-state index contributed by atoms with van der Waals surface area (Å²) in [6, 6.07) is 5.73. The first-order chi connectivity index (χ1) is 10.7. The van der Waals surface area contributed by atoms with E-state index in [1.165, 1.54) is 19.3 Å². The van der Waals surface area contributed by atoms with Crippen molar-refractivity contribution in [2.75, 3.05) is 39.4 Å². The summed E-state index contributed by atoms with van der Waals surface area (Å²) in [5.41, 5.74) is 1.01. The number of likely N-dealkylation sites (tertiary alicyclic amines) is 1. The van der Waals surface area contributed by atoms with Crippen molar-refractivity contribution in [2.45, 2.75) is 31.8 Å². The summed E-state index contributed by atoms with van der Waals surface area (Å²) in [6.07, 6.45) is 3.75. The molecule has 2 saturated heterocycles. The van der Waals surface area contributed by atoms with Gasteiger partial charge in [-0.1, -0.05) is 24.1 Å². The summed E-state index contributed by atoms with van der Waals surface area (Å²) >= 11 is 5.77. The largest absolute Gasteiger partial charge is 0.379 e. The fourth-order valence-electron chi connectivity index (χ4n) is 3.43. The van der Waals surface area contributed by atoms with Crippen molar-refractivity contribution in [2.24, 2.45) is 0 Å². The number of hydrogen-bond donors (Lipinski definition) is 0. The Bertz CT molecular complexity index is 494. The summed E-state index contributed by atoms with van der Waals surface area (Å²) in [7, 11) is 0. The van der Waals surface area contributed by atoms with Crippen molar-refractivity contribution >= 4 is 11.6 Å². The standard InChI is InChI=1S/C17H24ClFN2O/c18-16-5-4-14(11-17(16)19)12-21-6-2-1-3-15(21)13-20-7-9-22-10-8-20/h4-5,11,15H,1-3,6-10,12-13H2. The fourth-order valence-corrected chi connectivity index (χ4v) is 3.55. The third kappa shape index (κ3) is 4.19. The molecule has 0 radical (unpaired) electrons. The Morgan fingerprint density at radius 2 is 2.00 bits per heavy atom. The highest BCUT2D eigenvalue weighted by atomic mass is 35.5. The molecule has 0 aromatic heterocycles. The zero-order valence-electron chi connectivity index (χ0n) is 12.9. The normalized spacial score (nSPS) is 24.5. The van der Waals surface area contributed by atoms with Crippen LogP contribution < -0.4 is 0 Å². The minimum atomic E-state index is -0.319. The van der Waals surface area contributed by atoms with E-state index in [-0.39, 0.29) is 10.8 Å². The highest BCUT2D eigenvalue weighted by Gasteiger charge is 2.25. The van der Waals surface area contributed by atoms with E-state index in [4.69, 9.17) is 16.3 Å². The van der Waals surface area contributed by atoms with Crippen LogP contribution in [0.5, 0.6) is 0 Å². The topological polar surface area (TPSA) is 15.7 Å². The number of ether oxygens (including phenoxy) is 1. The molecule has 0 aliphatic carbocycles. The lowest BCUT2D eigenvalue weighted by Crippen LogP contribution is -2.49. The van der Waals surface area contributed by atoms with Crippen LogP contribution in [-0.2, 0) is 11.3 Å². The summed E-state index contributed by atoms with van der Waals surface area (Å²) < 4.78 is 19.1. The third-order valence-corrected chi connectivity index (χ3v) is 5.00. The first kappa shape index (κ1) is 16.2. The van der Waals surface area contributed by atoms with Gasteiger partial charge in [0.15, 0.2) is 0 Å². The van der Waals surface area contributed by atoms with Crippen molar-refractivity contribution in [3.8, 4) is 0 Å². The van der Waals surface area contributed by atoms with E-state index >= 15 is 0 Å². The SMILES string of the molecule is Fc1cc(CN2CCCCC2CN2CCOCC2)ccc1Cl. The van der Waals surface area contributed by atoms with Gasteiger partial charge in [-0.15, -0.1) is 0 Å². The van der Waals surface area contributed by atoms with Crippen LogP contribution >= 0.6 is 11.6 Å². The molecule has 0 spiro atoms. The number of morpholine rings is 1. The zero-order valence-corrected chi connectivity index (χ0v) is 13.7. The smallest absolute Gasteiger partial charge is 0.142 e. The van der Waals surface area contributed by atoms with E-state index in [2.05, 4.69) is 9.80 Å². The molecular weight excluding hydrogens is 303 g/mol. The summed E-state index contributed by atoms with van der Waals surface area (Å²) in [5, 5.41) is 0.201. The minimum absolute atomic E-state index is 0.201. The van der Waals surface area contributed by atoms with Gasteiger partial charge in [-0.2, -0.15) is 0 Å². The van der Waals surface area contributed by atoms with Gasteiger partial charge in [-0.3, -0.25) is 9.80 Å². The van der Waals surface area contributed by atoms with Gasteiger partial charge in [0.05, 0.1) is 18.2 Å². The lowest BCUT2D eigenvalue weighted by Gasteiger charge is -2.39. The number of hydrogen-bond acceptors (Lipinski definition) is 3. The second-order valence-corrected chi connectivity index (χ2v) is 6.69. The summed E-state index contributed by atoms with van der Waals surface area (Å²) in [5.74, 6) is -0.319. The molecule has 1 aromatic carbocycles. The Hall–Kier alpha value is -0.680. The molecule has 0 bridgehead atoms. The molecule has 0 N–H and O–H groups in total. The van der Waals surface area contributed by atoms with Gasteiger partial charge in [0.25, 0.3) is 0 Å². The van der Waals surface area contributed by atoms with Gasteiger partial charge in [-0.25, -0.2) is 4.39 Å². The highest BCUT2D eigenvalue weighted by Crippen LogP contribution is 2.23. The van der Waals surface area contributed by atoms with Crippen LogP contribution in [0.4, 0.5) is 4.39 Å². The molecule has 3 rings (SSSR count). The number of piperidine rings is 1. The molecule has 2 aliphatic rings. The Morgan fingerprint density at radius 3 is 2.77 bits per heavy atom. The molecule has 1 atom stereocenters. The van der Waals surface area contributed by atoms with Crippen molar-refractivity contribution < 1.29 is 9.13 Å². The van der Waals surface area contributed by atoms with Crippen LogP contribution in [0.3, 0.4) is 0 Å². The average molecular weight is 327 g/mol. The Morgan fingerprint density at radius 1 is 1.18 bits per heavy atom. The molecular formula is C17H24ClFN2O. The molecule has 0 saturated carbocycles. The Labute approximate surface area is 137 Å². The molecule has 2 aliphatic heterocycles. The van der Waals surface area contributed by atoms with Crippen LogP contribution in [0.2, 0.25) is 5.02 Å². The van der Waals surface area contributed by atoms with Crippen LogP contribution in [0.15, 0.2) is 18.2 Å². The molecule has 1 aromatic rings. The maximum atomic E-state index is 13.6. The monoisotopic (exact) mass is 326 g/mol. The van der Waals surface area contributed by atoms with E-state index in [0.717, 1.165) is 51.5 Å². The first-order valence-electron chi connectivity index (χ1n) is 8.20. The minimum Gasteiger partial charge on any atom is -0.379 e. The van der Waals surface area contributed by atoms with Gasteiger partial charge < -0.3 is 4.74 Å². The second kappa shape index (κ2) is 7.73. The lowest BCUT2D eigenvalue weighted by molar-refractivity contribution is 0.0153. The number of nitrogens with zero attached hydrogens (tertiary/aromatic N) is 2.